The van der Waals surface area contributed by atoms with Gasteiger partial charge in [-0.25, -0.2) is 0 Å². The maximum Gasteiger partial charge on any atom is 0.308 e. The summed E-state index contributed by atoms with van der Waals surface area (Å²) in [6.07, 6.45) is 0.859. The number of ether oxygens (including phenoxy) is 2. The summed E-state index contributed by atoms with van der Waals surface area (Å²) in [4.78, 5) is 60.1. The number of nitrogens with zero attached hydrogens (tertiary/aromatic N) is 2. The lowest BCUT2D eigenvalue weighted by Crippen LogP contribution is -2.65. The van der Waals surface area contributed by atoms with Crippen molar-refractivity contribution in [1.29, 1.82) is 0 Å². The average Bonchev–Trinajstić information content (AvgIpc) is 3.26. The molecule has 0 heterocycles. The number of carbonyl (C=O) groups is 4. The largest absolute Gasteiger partial charge is 0.481 e. The number of benzene rings is 6. The van der Waals surface area contributed by atoms with E-state index in [4.69, 9.17) is 9.47 Å². The summed E-state index contributed by atoms with van der Waals surface area (Å²) >= 11 is 0. The van der Waals surface area contributed by atoms with Crippen molar-refractivity contribution in [3.63, 3.8) is 0 Å². The average molecular weight is 803 g/mol. The minimum absolute atomic E-state index is 0.429. The second-order valence-corrected chi connectivity index (χ2v) is 14.7. The van der Waals surface area contributed by atoms with E-state index in [9.17, 15) is 19.8 Å². The lowest BCUT2D eigenvalue weighted by Gasteiger charge is -2.50. The van der Waals surface area contributed by atoms with Crippen LogP contribution in [0.4, 0.5) is 11.4 Å². The van der Waals surface area contributed by atoms with E-state index in [-0.39, 0.29) is 0 Å². The Morgan fingerprint density at radius 2 is 0.717 bits per heavy atom. The third kappa shape index (κ3) is 8.63. The van der Waals surface area contributed by atoms with Crippen LogP contribution in [0.2, 0.25) is 0 Å². The first-order chi connectivity index (χ1) is 29.2. The number of anilines is 2. The molecule has 6 aromatic rings. The normalized spacial score (nSPS) is 17.9. The molecule has 2 amide bonds. The molecular weight excluding hydrogens is 757 g/mol. The number of para-hydroxylation sites is 2. The van der Waals surface area contributed by atoms with Gasteiger partial charge in [0.15, 0.2) is 0 Å². The van der Waals surface area contributed by atoms with Gasteiger partial charge in [-0.15, -0.1) is 0 Å². The van der Waals surface area contributed by atoms with Gasteiger partial charge in [0.05, 0.1) is 35.8 Å². The number of aliphatic carboxylic acids is 2. The number of amides is 2. The molecule has 0 bridgehead atoms. The highest BCUT2D eigenvalue weighted by Gasteiger charge is 2.65. The summed E-state index contributed by atoms with van der Waals surface area (Å²) in [5.74, 6) is -8.39. The Morgan fingerprint density at radius 1 is 0.433 bits per heavy atom. The maximum absolute atomic E-state index is 15.4. The number of rotatable bonds is 16. The first-order valence-corrected chi connectivity index (χ1v) is 20.1. The van der Waals surface area contributed by atoms with Gasteiger partial charge in [0.25, 0.3) is 0 Å². The Bertz CT molecular complexity index is 2210. The summed E-state index contributed by atoms with van der Waals surface area (Å²) in [5.41, 5.74) is 2.45. The molecule has 6 aromatic carbocycles. The van der Waals surface area contributed by atoms with Crippen molar-refractivity contribution in [1.82, 2.24) is 0 Å². The van der Waals surface area contributed by atoms with Crippen molar-refractivity contribution < 1.29 is 38.9 Å². The minimum atomic E-state index is -1.68. The molecule has 10 nitrogen and oxygen atoms in total. The molecule has 1 saturated carbocycles. The standard InChI is InChI=1S/C50H46N2O8/c1-3-41(33-17-9-5-10-18-33)51(35-25-29-39(30-26-35)59-37-21-13-7-14-22-37)47(53)43-44(46(50(57)58)45(43)49(55)56)48(54)52(42(4-2)34-19-11-6-12-20-34)36-27-31-40(32-28-36)60-38-23-15-8-16-24-38/h5-32,41-46H,3-4H2,1-2H3,(H,55,56)(H,57,58)/t41-,42-,43-,44-,45-,46-/m1/s1. The van der Waals surface area contributed by atoms with E-state index in [1.807, 2.05) is 135 Å². The molecule has 304 valence electrons. The Labute approximate surface area is 349 Å². The van der Waals surface area contributed by atoms with E-state index < -0.39 is 59.5 Å². The van der Waals surface area contributed by atoms with Crippen molar-refractivity contribution in [3.05, 3.63) is 181 Å². The second kappa shape index (κ2) is 18.6. The van der Waals surface area contributed by atoms with Gasteiger partial charge in [-0.05, 0) is 96.8 Å². The Kier molecular flexibility index (Phi) is 12.7. The van der Waals surface area contributed by atoms with Gasteiger partial charge in [0.2, 0.25) is 11.8 Å². The summed E-state index contributed by atoms with van der Waals surface area (Å²) in [6.45, 7) is 3.84. The molecule has 1 aliphatic rings. The summed E-state index contributed by atoms with van der Waals surface area (Å²) < 4.78 is 12.1. The quantitative estimate of drug-likeness (QED) is 0.0988. The predicted molar refractivity (Wildman–Crippen MR) is 229 cm³/mol. The highest BCUT2D eigenvalue weighted by molar-refractivity contribution is 6.09. The summed E-state index contributed by atoms with van der Waals surface area (Å²) in [5, 5.41) is 21.3. The van der Waals surface area contributed by atoms with E-state index >= 15 is 9.59 Å². The lowest BCUT2D eigenvalue weighted by molar-refractivity contribution is -0.180. The first kappa shape index (κ1) is 41.0. The van der Waals surface area contributed by atoms with Gasteiger partial charge in [0.1, 0.15) is 23.0 Å². The van der Waals surface area contributed by atoms with Gasteiger partial charge in [-0.1, -0.05) is 111 Å². The third-order valence-electron chi connectivity index (χ3n) is 11.1. The first-order valence-electron chi connectivity index (χ1n) is 20.1. The lowest BCUT2D eigenvalue weighted by atomic mass is 9.55. The van der Waals surface area contributed by atoms with Crippen LogP contribution in [0.15, 0.2) is 170 Å². The zero-order valence-corrected chi connectivity index (χ0v) is 33.3. The van der Waals surface area contributed by atoms with Crippen LogP contribution < -0.4 is 19.3 Å². The Hall–Kier alpha value is -7.20. The highest BCUT2D eigenvalue weighted by atomic mass is 16.5. The fourth-order valence-electron chi connectivity index (χ4n) is 8.30. The fourth-order valence-corrected chi connectivity index (χ4v) is 8.30. The van der Waals surface area contributed by atoms with Crippen LogP contribution in [-0.4, -0.2) is 34.0 Å². The molecule has 7 rings (SSSR count). The second-order valence-electron chi connectivity index (χ2n) is 14.7. The molecule has 0 aromatic heterocycles. The summed E-state index contributed by atoms with van der Waals surface area (Å²) in [6, 6.07) is 49.7. The third-order valence-corrected chi connectivity index (χ3v) is 11.1. The number of carbonyl (C=O) groups excluding carboxylic acids is 2. The number of hydrogen-bond donors (Lipinski definition) is 2. The summed E-state index contributed by atoms with van der Waals surface area (Å²) in [7, 11) is 0. The number of hydrogen-bond acceptors (Lipinski definition) is 6. The molecule has 10 heteroatoms. The molecule has 2 N–H and O–H groups in total. The molecule has 1 aliphatic carbocycles. The minimum Gasteiger partial charge on any atom is -0.481 e. The molecule has 0 aliphatic heterocycles. The van der Waals surface area contributed by atoms with Crippen LogP contribution in [0.5, 0.6) is 23.0 Å². The number of carboxylic acid groups (broad SMARTS) is 2. The van der Waals surface area contributed by atoms with Crippen LogP contribution in [0.25, 0.3) is 0 Å². The van der Waals surface area contributed by atoms with E-state index in [0.29, 0.717) is 47.2 Å². The van der Waals surface area contributed by atoms with Crippen molar-refractivity contribution in [2.45, 2.75) is 38.8 Å². The molecule has 6 atom stereocenters. The fraction of sp³-hybridized carbons (Fsp3) is 0.200. The van der Waals surface area contributed by atoms with Crippen LogP contribution in [0, 0.1) is 23.7 Å². The van der Waals surface area contributed by atoms with Gasteiger partial charge in [0, 0.05) is 11.4 Å². The zero-order chi connectivity index (χ0) is 42.2. The molecule has 1 fully saturated rings. The van der Waals surface area contributed by atoms with Crippen LogP contribution in [-0.2, 0) is 19.2 Å². The van der Waals surface area contributed by atoms with Crippen molar-refractivity contribution in [2.75, 3.05) is 9.80 Å². The van der Waals surface area contributed by atoms with Crippen LogP contribution in [0.1, 0.15) is 49.9 Å². The number of carboxylic acids is 2. The van der Waals surface area contributed by atoms with Crippen molar-refractivity contribution in [2.24, 2.45) is 23.7 Å². The predicted octanol–water partition coefficient (Wildman–Crippen LogP) is 10.6. The molecule has 0 spiro atoms. The maximum atomic E-state index is 15.4. The molecule has 0 unspecified atom stereocenters. The molecule has 0 radical (unpaired) electrons. The van der Waals surface area contributed by atoms with E-state index in [2.05, 4.69) is 0 Å². The molecule has 60 heavy (non-hydrogen) atoms. The van der Waals surface area contributed by atoms with Crippen molar-refractivity contribution in [3.8, 4) is 23.0 Å². The van der Waals surface area contributed by atoms with Gasteiger partial charge in [-0.3, -0.25) is 19.2 Å². The molecular formula is C50H46N2O8. The van der Waals surface area contributed by atoms with E-state index in [1.54, 1.807) is 48.5 Å². The van der Waals surface area contributed by atoms with E-state index in [0.717, 1.165) is 11.1 Å². The molecule has 0 saturated heterocycles. The van der Waals surface area contributed by atoms with Crippen molar-refractivity contribution >= 4 is 35.1 Å². The monoisotopic (exact) mass is 802 g/mol. The van der Waals surface area contributed by atoms with Gasteiger partial charge in [-0.2, -0.15) is 0 Å². The Balaban J connectivity index is 1.31. The smallest absolute Gasteiger partial charge is 0.308 e. The Morgan fingerprint density at radius 3 is 1.00 bits per heavy atom. The van der Waals surface area contributed by atoms with Crippen LogP contribution >= 0.6 is 0 Å². The zero-order valence-electron chi connectivity index (χ0n) is 33.3. The van der Waals surface area contributed by atoms with E-state index in [1.165, 1.54) is 9.80 Å². The highest BCUT2D eigenvalue weighted by Crippen LogP contribution is 2.51. The SMILES string of the molecule is CC[C@H](c1ccccc1)N(C(=O)[C@H]1[C@@H](C(=O)O)[C@H](C(=O)O)[C@@H]1C(=O)N(c1ccc(Oc2ccccc2)cc1)[C@H](CC)c1ccccc1)c1ccc(Oc2ccccc2)cc1. The van der Waals surface area contributed by atoms with Gasteiger partial charge >= 0.3 is 11.9 Å². The topological polar surface area (TPSA) is 134 Å². The van der Waals surface area contributed by atoms with Gasteiger partial charge < -0.3 is 29.5 Å². The van der Waals surface area contributed by atoms with Crippen LogP contribution in [0.3, 0.4) is 0 Å².